The summed E-state index contributed by atoms with van der Waals surface area (Å²) in [5.41, 5.74) is 4.86. The third kappa shape index (κ3) is 3.53. The van der Waals surface area contributed by atoms with Gasteiger partial charge in [-0.25, -0.2) is 0 Å². The van der Waals surface area contributed by atoms with Crippen molar-refractivity contribution in [3.8, 4) is 5.75 Å². The molecular formula is C24H29NO4. The number of nitrogens with zero attached hydrogens (tertiary/aromatic N) is 1. The number of carbonyl (C=O) groups excluding carboxylic acids is 1. The molecule has 2 aliphatic rings. The van der Waals surface area contributed by atoms with E-state index in [1.54, 1.807) is 4.90 Å². The molecule has 0 atom stereocenters. The predicted octanol–water partition coefficient (Wildman–Crippen LogP) is 4.47. The van der Waals surface area contributed by atoms with E-state index < -0.39 is 5.79 Å². The van der Waals surface area contributed by atoms with Gasteiger partial charge in [0.1, 0.15) is 5.75 Å². The summed E-state index contributed by atoms with van der Waals surface area (Å²) in [6, 6.07) is 12.1. The first kappa shape index (κ1) is 19.9. The van der Waals surface area contributed by atoms with E-state index in [-0.39, 0.29) is 5.91 Å². The van der Waals surface area contributed by atoms with E-state index in [1.165, 1.54) is 0 Å². The lowest BCUT2D eigenvalue weighted by molar-refractivity contribution is -0.181. The van der Waals surface area contributed by atoms with E-state index in [9.17, 15) is 4.79 Å². The van der Waals surface area contributed by atoms with Crippen LogP contribution >= 0.6 is 0 Å². The first-order chi connectivity index (χ1) is 13.9. The van der Waals surface area contributed by atoms with Gasteiger partial charge in [-0.05, 0) is 55.0 Å². The Morgan fingerprint density at radius 2 is 1.69 bits per heavy atom. The summed E-state index contributed by atoms with van der Waals surface area (Å²) in [4.78, 5) is 15.2. The highest BCUT2D eigenvalue weighted by molar-refractivity contribution is 6.07. The number of rotatable bonds is 6. The third-order valence-electron chi connectivity index (χ3n) is 5.64. The zero-order chi connectivity index (χ0) is 20.6. The fraction of sp³-hybridized carbons (Fsp3) is 0.458. The van der Waals surface area contributed by atoms with Gasteiger partial charge in [0, 0.05) is 5.56 Å². The highest BCUT2D eigenvalue weighted by Crippen LogP contribution is 2.49. The number of fused-ring (bicyclic) bond motifs is 2. The average molecular weight is 395 g/mol. The molecule has 0 radical (unpaired) electrons. The second-order valence-electron chi connectivity index (χ2n) is 8.30. The molecular weight excluding hydrogens is 366 g/mol. The minimum Gasteiger partial charge on any atom is -0.494 e. The second-order valence-corrected chi connectivity index (χ2v) is 8.30. The van der Waals surface area contributed by atoms with Crippen LogP contribution in [0.15, 0.2) is 36.4 Å². The number of hydrogen-bond acceptors (Lipinski definition) is 4. The van der Waals surface area contributed by atoms with Crippen molar-refractivity contribution < 1.29 is 19.0 Å². The number of benzene rings is 2. The zero-order valence-corrected chi connectivity index (χ0v) is 17.7. The molecule has 0 unspecified atom stereocenters. The summed E-state index contributed by atoms with van der Waals surface area (Å²) in [7, 11) is 0. The first-order valence-corrected chi connectivity index (χ1v) is 10.3. The minimum absolute atomic E-state index is 0.139. The van der Waals surface area contributed by atoms with Crippen LogP contribution in [0, 0.1) is 19.8 Å². The number of carbonyl (C=O) groups is 1. The Bertz CT molecular complexity index is 898. The van der Waals surface area contributed by atoms with Crippen molar-refractivity contribution in [3.05, 3.63) is 58.7 Å². The van der Waals surface area contributed by atoms with E-state index in [0.717, 1.165) is 40.1 Å². The molecule has 2 aliphatic heterocycles. The zero-order valence-electron chi connectivity index (χ0n) is 17.7. The normalized spacial score (nSPS) is 17.4. The molecule has 154 valence electrons. The average Bonchev–Trinajstić information content (AvgIpc) is 3.27. The molecule has 2 aromatic rings. The molecule has 1 fully saturated rings. The SMILES string of the molecule is Cc1ccc(C)c2c1N(Cc1ccc(OCCC(C)C)cc1)C(=O)C21OCCO1. The molecule has 5 nitrogen and oxygen atoms in total. The lowest BCUT2D eigenvalue weighted by atomic mass is 9.98. The Hall–Kier alpha value is -2.37. The van der Waals surface area contributed by atoms with E-state index >= 15 is 0 Å². The molecule has 29 heavy (non-hydrogen) atoms. The van der Waals surface area contributed by atoms with Crippen LogP contribution in [0.4, 0.5) is 5.69 Å². The van der Waals surface area contributed by atoms with Crippen molar-refractivity contribution in [1.29, 1.82) is 0 Å². The van der Waals surface area contributed by atoms with Crippen molar-refractivity contribution in [1.82, 2.24) is 0 Å². The van der Waals surface area contributed by atoms with Crippen LogP contribution in [0.5, 0.6) is 5.75 Å². The summed E-state index contributed by atoms with van der Waals surface area (Å²) in [6.07, 6.45) is 1.03. The standard InChI is InChI=1S/C24H29NO4/c1-16(2)11-12-27-20-9-7-19(8-10-20)15-25-22-18(4)6-5-17(3)21(22)24(23(25)26)28-13-14-29-24/h5-10,16H,11-15H2,1-4H3. The van der Waals surface area contributed by atoms with E-state index in [0.29, 0.717) is 32.3 Å². The van der Waals surface area contributed by atoms with E-state index in [1.807, 2.05) is 50.2 Å². The topological polar surface area (TPSA) is 48.0 Å². The van der Waals surface area contributed by atoms with Gasteiger partial charge in [-0.1, -0.05) is 38.1 Å². The van der Waals surface area contributed by atoms with E-state index in [2.05, 4.69) is 13.8 Å². The molecule has 0 N–H and O–H groups in total. The summed E-state index contributed by atoms with van der Waals surface area (Å²) in [6.45, 7) is 10.4. The van der Waals surface area contributed by atoms with Crippen molar-refractivity contribution in [2.45, 2.75) is 46.4 Å². The van der Waals surface area contributed by atoms with Gasteiger partial charge in [0.15, 0.2) is 0 Å². The number of anilines is 1. The summed E-state index contributed by atoms with van der Waals surface area (Å²) < 4.78 is 17.6. The van der Waals surface area contributed by atoms with Gasteiger partial charge >= 0.3 is 0 Å². The molecule has 5 heteroatoms. The molecule has 0 bridgehead atoms. The maximum atomic E-state index is 13.4. The van der Waals surface area contributed by atoms with Crippen molar-refractivity contribution >= 4 is 11.6 Å². The van der Waals surface area contributed by atoms with Gasteiger partial charge in [-0.15, -0.1) is 0 Å². The van der Waals surface area contributed by atoms with Gasteiger partial charge in [-0.3, -0.25) is 4.79 Å². The molecule has 1 spiro atoms. The van der Waals surface area contributed by atoms with Gasteiger partial charge in [0.2, 0.25) is 0 Å². The monoisotopic (exact) mass is 395 g/mol. The maximum Gasteiger partial charge on any atom is 0.292 e. The van der Waals surface area contributed by atoms with Crippen LogP contribution in [-0.2, 0) is 26.6 Å². The number of hydrogen-bond donors (Lipinski definition) is 0. The fourth-order valence-corrected chi connectivity index (χ4v) is 4.06. The van der Waals surface area contributed by atoms with Crippen LogP contribution in [0.25, 0.3) is 0 Å². The lowest BCUT2D eigenvalue weighted by Crippen LogP contribution is -2.41. The molecule has 0 aromatic heterocycles. The second kappa shape index (κ2) is 7.81. The van der Waals surface area contributed by atoms with Crippen LogP contribution < -0.4 is 9.64 Å². The highest BCUT2D eigenvalue weighted by Gasteiger charge is 2.57. The Kier molecular flexibility index (Phi) is 5.36. The Balaban J connectivity index is 1.58. The molecule has 2 aromatic carbocycles. The molecule has 0 saturated carbocycles. The van der Waals surface area contributed by atoms with Crippen molar-refractivity contribution in [2.24, 2.45) is 5.92 Å². The third-order valence-corrected chi connectivity index (χ3v) is 5.64. The number of aryl methyl sites for hydroxylation is 2. The smallest absolute Gasteiger partial charge is 0.292 e. The molecule has 2 heterocycles. The van der Waals surface area contributed by atoms with Gasteiger partial charge < -0.3 is 19.1 Å². The van der Waals surface area contributed by atoms with E-state index in [4.69, 9.17) is 14.2 Å². The quantitative estimate of drug-likeness (QED) is 0.724. The largest absolute Gasteiger partial charge is 0.494 e. The van der Waals surface area contributed by atoms with Crippen LogP contribution in [-0.4, -0.2) is 25.7 Å². The van der Waals surface area contributed by atoms with Crippen LogP contribution in [0.3, 0.4) is 0 Å². The molecule has 0 aliphatic carbocycles. The predicted molar refractivity (Wildman–Crippen MR) is 112 cm³/mol. The van der Waals surface area contributed by atoms with Crippen LogP contribution in [0.1, 0.15) is 42.5 Å². The Morgan fingerprint density at radius 1 is 1.03 bits per heavy atom. The summed E-state index contributed by atoms with van der Waals surface area (Å²) >= 11 is 0. The maximum absolute atomic E-state index is 13.4. The van der Waals surface area contributed by atoms with Crippen molar-refractivity contribution in [3.63, 3.8) is 0 Å². The van der Waals surface area contributed by atoms with Crippen molar-refractivity contribution in [2.75, 3.05) is 24.7 Å². The van der Waals surface area contributed by atoms with Gasteiger partial charge in [0.05, 0.1) is 32.1 Å². The van der Waals surface area contributed by atoms with Gasteiger partial charge in [0.25, 0.3) is 11.7 Å². The molecule has 1 amide bonds. The minimum atomic E-state index is -1.29. The summed E-state index contributed by atoms with van der Waals surface area (Å²) in [5.74, 6) is 0.0495. The Morgan fingerprint density at radius 3 is 2.34 bits per heavy atom. The molecule has 4 rings (SSSR count). The lowest BCUT2D eigenvalue weighted by Gasteiger charge is -2.22. The first-order valence-electron chi connectivity index (χ1n) is 10.3. The summed E-state index contributed by atoms with van der Waals surface area (Å²) in [5, 5.41) is 0. The molecule has 1 saturated heterocycles. The Labute approximate surface area is 172 Å². The fourth-order valence-electron chi connectivity index (χ4n) is 4.06. The number of ether oxygens (including phenoxy) is 3. The van der Waals surface area contributed by atoms with Crippen LogP contribution in [0.2, 0.25) is 0 Å². The highest BCUT2D eigenvalue weighted by atomic mass is 16.7. The van der Waals surface area contributed by atoms with Gasteiger partial charge in [-0.2, -0.15) is 0 Å². The number of amides is 1.